The summed E-state index contributed by atoms with van der Waals surface area (Å²) >= 11 is 2.21. The summed E-state index contributed by atoms with van der Waals surface area (Å²) in [7, 11) is -13.8. The SMILES string of the molecule is CCC(C)COC1OC(CSC(C)=O)C(O[Si](C)(C)C(C)(C)C)C(O[Si](C)(C)C(C)(C)C)C1O[Si](C)(C)C(C)(C)C.CCC(C)COC1OC(CSOO[O-])C(O[Si](C)(C)C(C)(C)C)C(O[Si](C)(C)C(C)(C)C)C1O[Si](C)(C)C(C)(C)C.[Na+]. The van der Waals surface area contributed by atoms with Gasteiger partial charge in [0, 0.05) is 24.7 Å². The standard InChI is InChI=1S/C31H66O6SSi3.C29H64O8SSi3.Na/c1-19-22(2)20-33-28-27(37-41(17,18)31(10,11)12)26(36-40(15,16)30(7,8)9)25(24(34-28)21-38-23(3)32)35-39(13,14)29(4,5)6;1-18-21(2)19-31-26-25(35-41(16,17)29(9,10)11)24(34-40(14,15)28(6,7)8)23(22(32-26)20-38-37-36-30)33-39(12,13)27(3,4)5;/h22,24-28H,19-21H2,1-18H3;21-26,30H,18-20H2,1-17H3;/q;;+1/p-1. The number of thioether (sulfide) groups is 1. The van der Waals surface area contributed by atoms with Gasteiger partial charge in [0.15, 0.2) is 67.6 Å². The van der Waals surface area contributed by atoms with Gasteiger partial charge >= 0.3 is 29.6 Å². The normalized spacial score (nSPS) is 26.0. The molecule has 0 N–H and O–H groups in total. The van der Waals surface area contributed by atoms with Crippen molar-refractivity contribution in [1.82, 2.24) is 0 Å². The predicted molar refractivity (Wildman–Crippen MR) is 358 cm³/mol. The van der Waals surface area contributed by atoms with E-state index in [1.807, 2.05) is 0 Å². The molecule has 12 atom stereocenters. The van der Waals surface area contributed by atoms with Crippen molar-refractivity contribution in [3.05, 3.63) is 0 Å². The Morgan fingerprint density at radius 1 is 0.446 bits per heavy atom. The molecule has 0 aromatic carbocycles. The molecule has 12 unspecified atom stereocenters. The molecule has 0 radical (unpaired) electrons. The number of rotatable bonds is 26. The molecule has 2 saturated heterocycles. The van der Waals surface area contributed by atoms with E-state index in [0.29, 0.717) is 36.6 Å². The third-order valence-corrected chi connectivity index (χ3v) is 48.2. The minimum absolute atomic E-state index is 0. The molecule has 83 heavy (non-hydrogen) atoms. The summed E-state index contributed by atoms with van der Waals surface area (Å²) in [6, 6.07) is 0. The van der Waals surface area contributed by atoms with E-state index in [1.165, 1.54) is 11.8 Å². The molecule has 14 nitrogen and oxygen atoms in total. The maximum absolute atomic E-state index is 12.2. The predicted octanol–water partition coefficient (Wildman–Crippen LogP) is 14.0. The van der Waals surface area contributed by atoms with Crippen LogP contribution in [0.3, 0.4) is 0 Å². The molecule has 0 bridgehead atoms. The van der Waals surface area contributed by atoms with Crippen LogP contribution in [-0.4, -0.2) is 141 Å². The molecule has 0 amide bonds. The fourth-order valence-corrected chi connectivity index (χ4v) is 16.2. The summed E-state index contributed by atoms with van der Waals surface area (Å²) in [5.74, 6) is 1.55. The van der Waals surface area contributed by atoms with E-state index >= 15 is 0 Å². The maximum Gasteiger partial charge on any atom is 1.00 e. The Morgan fingerprint density at radius 3 is 0.916 bits per heavy atom. The summed E-state index contributed by atoms with van der Waals surface area (Å²) in [5.41, 5.74) is 0. The summed E-state index contributed by atoms with van der Waals surface area (Å²) in [6.45, 7) is 79.2. The van der Waals surface area contributed by atoms with Crippen LogP contribution < -0.4 is 34.8 Å². The Balaban J connectivity index is 0.00000160. The first-order valence-electron chi connectivity index (χ1n) is 30.8. The summed E-state index contributed by atoms with van der Waals surface area (Å²) < 4.78 is 75.0. The molecule has 0 aromatic heterocycles. The van der Waals surface area contributed by atoms with Gasteiger partial charge in [-0.25, -0.2) is 0 Å². The molecule has 23 heteroatoms. The average molecular weight is 1330 g/mol. The summed E-state index contributed by atoms with van der Waals surface area (Å²) in [5, 5.41) is 14.3. The third-order valence-electron chi connectivity index (χ3n) is 19.8. The van der Waals surface area contributed by atoms with Gasteiger partial charge in [0.1, 0.15) is 24.4 Å². The van der Waals surface area contributed by atoms with Crippen molar-refractivity contribution in [2.45, 2.75) is 342 Å². The molecule has 2 aliphatic rings. The molecule has 2 fully saturated rings. The second kappa shape index (κ2) is 32.8. The topological polar surface area (TPSA) is 151 Å². The fraction of sp³-hybridized carbons (Fsp3) is 0.983. The van der Waals surface area contributed by atoms with Gasteiger partial charge in [-0.3, -0.25) is 9.83 Å². The van der Waals surface area contributed by atoms with E-state index in [4.69, 9.17) is 49.8 Å². The van der Waals surface area contributed by atoms with E-state index in [2.05, 4.69) is 236 Å². The Hall–Kier alpha value is 2.15. The molecule has 0 aromatic rings. The second-order valence-electron chi connectivity index (χ2n) is 33.1. The zero-order valence-corrected chi connectivity index (χ0v) is 69.8. The Labute approximate surface area is 547 Å². The largest absolute Gasteiger partial charge is 1.00 e. The summed E-state index contributed by atoms with van der Waals surface area (Å²) in [6.07, 6.45) is -2.67. The number of hydrogen-bond acceptors (Lipinski definition) is 16. The first-order valence-corrected chi connectivity index (χ1v) is 50.1. The number of hydrogen-bond donors (Lipinski definition) is 0. The van der Waals surface area contributed by atoms with Gasteiger partial charge in [0.05, 0.1) is 43.4 Å². The van der Waals surface area contributed by atoms with Crippen LogP contribution in [0.5, 0.6) is 0 Å². The number of carbonyl (C=O) groups excluding carboxylic acids is 1. The molecule has 2 heterocycles. The van der Waals surface area contributed by atoms with Gasteiger partial charge in [-0.05, 0) is 121 Å². The van der Waals surface area contributed by atoms with Crippen molar-refractivity contribution in [2.24, 2.45) is 11.8 Å². The molecule has 2 rings (SSSR count). The van der Waals surface area contributed by atoms with Crippen LogP contribution in [0.4, 0.5) is 0 Å². The molecule has 0 saturated carbocycles. The smallest absolute Gasteiger partial charge is 0.691 e. The Morgan fingerprint density at radius 2 is 0.687 bits per heavy atom. The van der Waals surface area contributed by atoms with Crippen molar-refractivity contribution in [2.75, 3.05) is 24.7 Å². The van der Waals surface area contributed by atoms with Gasteiger partial charge in [-0.2, -0.15) is 4.33 Å². The monoisotopic (exact) mass is 1330 g/mol. The van der Waals surface area contributed by atoms with E-state index in [9.17, 15) is 10.1 Å². The Bertz CT molecular complexity index is 1910. The Kier molecular flexibility index (Phi) is 33.7. The van der Waals surface area contributed by atoms with Crippen LogP contribution in [0, 0.1) is 11.8 Å². The first-order chi connectivity index (χ1) is 36.5. The van der Waals surface area contributed by atoms with Crippen LogP contribution in [0.25, 0.3) is 0 Å². The van der Waals surface area contributed by atoms with Crippen molar-refractivity contribution in [1.29, 1.82) is 0 Å². The maximum atomic E-state index is 12.2. The van der Waals surface area contributed by atoms with Gasteiger partial charge in [-0.15, -0.1) is 0 Å². The minimum atomic E-state index is -2.32. The van der Waals surface area contributed by atoms with E-state index in [-0.39, 0.29) is 83.2 Å². The zero-order chi connectivity index (χ0) is 64.6. The van der Waals surface area contributed by atoms with E-state index in [0.717, 1.165) is 24.9 Å². The van der Waals surface area contributed by atoms with Crippen molar-refractivity contribution < 1.29 is 94.5 Å². The quantitative estimate of drug-likeness (QED) is 0.0265. The first kappa shape index (κ1) is 85.2. The summed E-state index contributed by atoms with van der Waals surface area (Å²) in [4.78, 5) is 12.2. The van der Waals surface area contributed by atoms with Gasteiger partial charge < -0.3 is 50.8 Å². The molecule has 490 valence electrons. The van der Waals surface area contributed by atoms with Crippen LogP contribution in [0.2, 0.25) is 109 Å². The van der Waals surface area contributed by atoms with E-state index < -0.39 is 93.0 Å². The van der Waals surface area contributed by atoms with Crippen molar-refractivity contribution in [3.63, 3.8) is 0 Å². The second-order valence-corrected chi connectivity index (χ2v) is 63.5. The van der Waals surface area contributed by atoms with Gasteiger partial charge in [-0.1, -0.05) is 177 Å². The van der Waals surface area contributed by atoms with Crippen molar-refractivity contribution in [3.8, 4) is 0 Å². The van der Waals surface area contributed by atoms with Crippen LogP contribution in [-0.2, 0) is 59.7 Å². The minimum Gasteiger partial charge on any atom is -0.691 e. The average Bonchev–Trinajstić information content (AvgIpc) is 3.27. The molecule has 0 aliphatic carbocycles. The molecular weight excluding hydrogens is 1200 g/mol. The third kappa shape index (κ3) is 25.2. The van der Waals surface area contributed by atoms with Crippen LogP contribution >= 0.6 is 23.8 Å². The fourth-order valence-electron chi connectivity index (χ4n) is 7.27. The van der Waals surface area contributed by atoms with Gasteiger partial charge in [0.25, 0.3) is 0 Å². The number of carbonyl (C=O) groups is 1. The molecule has 0 spiro atoms. The van der Waals surface area contributed by atoms with Gasteiger partial charge in [0.2, 0.25) is 0 Å². The van der Waals surface area contributed by atoms with Crippen LogP contribution in [0.1, 0.15) is 172 Å². The molecular formula is C60H129NaO14S2Si6. The van der Waals surface area contributed by atoms with E-state index in [1.54, 1.807) is 6.92 Å². The number of ether oxygens (including phenoxy) is 4. The van der Waals surface area contributed by atoms with Crippen LogP contribution in [0.15, 0.2) is 0 Å². The van der Waals surface area contributed by atoms with Crippen molar-refractivity contribution >= 4 is 78.8 Å². The zero-order valence-electron chi connectivity index (χ0n) is 60.2. The molecule has 2 aliphatic heterocycles.